The number of aliphatic hydroxyl groups is 3. The van der Waals surface area contributed by atoms with Gasteiger partial charge < -0.3 is 0 Å². The van der Waals surface area contributed by atoms with E-state index in [0.717, 1.165) is 0 Å². The summed E-state index contributed by atoms with van der Waals surface area (Å²) in [4.78, 5) is 10.1. The second-order valence-corrected chi connectivity index (χ2v) is 9.41. The van der Waals surface area contributed by atoms with Crippen molar-refractivity contribution < 1.29 is 20.2 Å². The summed E-state index contributed by atoms with van der Waals surface area (Å²) in [5.41, 5.74) is 0. The first-order valence-corrected chi connectivity index (χ1v) is 7.24. The number of rotatable bonds is 6. The SMILES string of the molecule is CP(O)(CCO)(CCO)CCO. The zero-order chi connectivity index (χ0) is 9.69. The average Bonchev–Trinajstić information content (AvgIpc) is 1.86. The Morgan fingerprint density at radius 2 is 1.08 bits per heavy atom. The van der Waals surface area contributed by atoms with Crippen LogP contribution in [0.4, 0.5) is 0 Å². The fraction of sp³-hybridized carbons (Fsp3) is 1.00. The van der Waals surface area contributed by atoms with E-state index in [0.29, 0.717) is 18.5 Å². The molecular weight excluding hydrogens is 179 g/mol. The zero-order valence-electron chi connectivity index (χ0n) is 7.48. The first kappa shape index (κ1) is 12.3. The van der Waals surface area contributed by atoms with Gasteiger partial charge in [-0.15, -0.1) is 0 Å². The van der Waals surface area contributed by atoms with Crippen LogP contribution in [0.2, 0.25) is 0 Å². The zero-order valence-corrected chi connectivity index (χ0v) is 8.37. The molecule has 0 aromatic rings. The van der Waals surface area contributed by atoms with Crippen LogP contribution in [0.1, 0.15) is 0 Å². The Morgan fingerprint density at radius 1 is 0.833 bits per heavy atom. The van der Waals surface area contributed by atoms with Crippen LogP contribution in [0.5, 0.6) is 0 Å². The van der Waals surface area contributed by atoms with E-state index in [1.54, 1.807) is 6.66 Å². The van der Waals surface area contributed by atoms with E-state index in [4.69, 9.17) is 15.3 Å². The average molecular weight is 198 g/mol. The van der Waals surface area contributed by atoms with E-state index in [1.807, 2.05) is 0 Å². The van der Waals surface area contributed by atoms with Crippen LogP contribution >= 0.6 is 6.83 Å². The van der Waals surface area contributed by atoms with Gasteiger partial charge in [-0.3, -0.25) is 0 Å². The van der Waals surface area contributed by atoms with Crippen molar-refractivity contribution in [3.63, 3.8) is 0 Å². The molecular formula is C7H19O4P. The van der Waals surface area contributed by atoms with Gasteiger partial charge in [0.05, 0.1) is 0 Å². The molecule has 0 saturated heterocycles. The van der Waals surface area contributed by atoms with Gasteiger partial charge in [0.25, 0.3) is 0 Å². The van der Waals surface area contributed by atoms with E-state index in [1.165, 1.54) is 0 Å². The maximum atomic E-state index is 10.1. The van der Waals surface area contributed by atoms with Gasteiger partial charge in [-0.2, -0.15) is 0 Å². The Hall–Kier alpha value is 0.270. The molecule has 0 unspecified atom stereocenters. The number of hydrogen-bond donors (Lipinski definition) is 4. The Balaban J connectivity index is 4.31. The molecule has 5 heteroatoms. The first-order valence-electron chi connectivity index (χ1n) is 4.04. The summed E-state index contributed by atoms with van der Waals surface area (Å²) in [5.74, 6) is 0. The molecule has 0 radical (unpaired) electrons. The van der Waals surface area contributed by atoms with Crippen molar-refractivity contribution in [1.82, 2.24) is 0 Å². The molecule has 0 aliphatic rings. The molecule has 0 saturated carbocycles. The number of aliphatic hydroxyl groups excluding tert-OH is 3. The maximum absolute atomic E-state index is 10.1. The predicted molar refractivity (Wildman–Crippen MR) is 50.9 cm³/mol. The van der Waals surface area contributed by atoms with Crippen LogP contribution in [0.3, 0.4) is 0 Å². The van der Waals surface area contributed by atoms with Gasteiger partial charge in [0.15, 0.2) is 0 Å². The van der Waals surface area contributed by atoms with Crippen LogP contribution in [0.25, 0.3) is 0 Å². The molecule has 0 aromatic heterocycles. The van der Waals surface area contributed by atoms with Gasteiger partial charge in [0.2, 0.25) is 0 Å². The normalized spacial score (nSPS) is 15.6. The summed E-state index contributed by atoms with van der Waals surface area (Å²) in [7, 11) is 0. The summed E-state index contributed by atoms with van der Waals surface area (Å²) in [6, 6.07) is 0. The van der Waals surface area contributed by atoms with Crippen molar-refractivity contribution in [3.8, 4) is 0 Å². The molecule has 0 aromatic carbocycles. The van der Waals surface area contributed by atoms with Crippen molar-refractivity contribution in [2.24, 2.45) is 0 Å². The van der Waals surface area contributed by atoms with E-state index in [2.05, 4.69) is 0 Å². The molecule has 4 nitrogen and oxygen atoms in total. The van der Waals surface area contributed by atoms with Crippen molar-refractivity contribution in [2.75, 3.05) is 45.0 Å². The summed E-state index contributed by atoms with van der Waals surface area (Å²) >= 11 is 0. The van der Waals surface area contributed by atoms with Gasteiger partial charge in [-0.05, 0) is 0 Å². The fourth-order valence-electron chi connectivity index (χ4n) is 1.19. The van der Waals surface area contributed by atoms with Crippen LogP contribution in [-0.4, -0.2) is 65.2 Å². The first-order chi connectivity index (χ1) is 5.46. The van der Waals surface area contributed by atoms with Crippen LogP contribution < -0.4 is 0 Å². The third-order valence-corrected chi connectivity index (χ3v) is 6.66. The van der Waals surface area contributed by atoms with Gasteiger partial charge >= 0.3 is 72.0 Å². The second-order valence-electron chi connectivity index (χ2n) is 3.59. The summed E-state index contributed by atoms with van der Waals surface area (Å²) < 4.78 is 0. The fourth-order valence-corrected chi connectivity index (χ4v) is 3.58. The third-order valence-electron chi connectivity index (χ3n) is 2.22. The molecule has 0 bridgehead atoms. The second kappa shape index (κ2) is 4.49. The van der Waals surface area contributed by atoms with E-state index >= 15 is 0 Å². The van der Waals surface area contributed by atoms with E-state index in [-0.39, 0.29) is 19.8 Å². The Labute approximate surface area is 72.9 Å². The predicted octanol–water partition coefficient (Wildman–Crippen LogP) is -0.946. The standard InChI is InChI=1S/C7H19O4P/c1-12(11,5-2-8,6-3-9)7-4-10/h8-11H,2-7H2,1H3. The molecule has 0 amide bonds. The molecule has 0 aliphatic carbocycles. The minimum atomic E-state index is -2.96. The molecule has 4 N–H and O–H groups in total. The molecule has 0 atom stereocenters. The number of hydrogen-bond acceptors (Lipinski definition) is 4. The van der Waals surface area contributed by atoms with Gasteiger partial charge in [0, 0.05) is 0 Å². The summed E-state index contributed by atoms with van der Waals surface area (Å²) in [6.07, 6.45) is 0.895. The summed E-state index contributed by atoms with van der Waals surface area (Å²) in [5, 5.41) is 26.2. The van der Waals surface area contributed by atoms with Crippen molar-refractivity contribution in [1.29, 1.82) is 0 Å². The monoisotopic (exact) mass is 198 g/mol. The quantitative estimate of drug-likeness (QED) is 0.415. The Kier molecular flexibility index (Phi) is 4.59. The van der Waals surface area contributed by atoms with Crippen molar-refractivity contribution >= 4 is 6.83 Å². The topological polar surface area (TPSA) is 80.9 Å². The Bertz CT molecular complexity index is 114. The molecule has 0 rings (SSSR count). The van der Waals surface area contributed by atoms with Crippen molar-refractivity contribution in [3.05, 3.63) is 0 Å². The van der Waals surface area contributed by atoms with Crippen LogP contribution in [-0.2, 0) is 0 Å². The molecule has 0 spiro atoms. The molecule has 0 heterocycles. The Morgan fingerprint density at radius 3 is 1.25 bits per heavy atom. The van der Waals surface area contributed by atoms with Crippen LogP contribution in [0, 0.1) is 0 Å². The van der Waals surface area contributed by atoms with Gasteiger partial charge in [-0.25, -0.2) is 0 Å². The molecule has 0 fully saturated rings. The van der Waals surface area contributed by atoms with Crippen LogP contribution in [0.15, 0.2) is 0 Å². The summed E-state index contributed by atoms with van der Waals surface area (Å²) in [6.45, 7) is -1.57. The minimum absolute atomic E-state index is 0.0924. The van der Waals surface area contributed by atoms with Gasteiger partial charge in [-0.1, -0.05) is 0 Å². The van der Waals surface area contributed by atoms with Crippen molar-refractivity contribution in [2.45, 2.75) is 0 Å². The van der Waals surface area contributed by atoms with E-state index in [9.17, 15) is 4.89 Å². The molecule has 12 heavy (non-hydrogen) atoms. The molecule has 0 aliphatic heterocycles. The molecule has 76 valence electrons. The van der Waals surface area contributed by atoms with Gasteiger partial charge in [0.1, 0.15) is 0 Å². The van der Waals surface area contributed by atoms with E-state index < -0.39 is 6.83 Å². The third kappa shape index (κ3) is 3.78.